The van der Waals surface area contributed by atoms with Crippen LogP contribution in [0.5, 0.6) is 0 Å². The minimum absolute atomic E-state index is 0.161. The van der Waals surface area contributed by atoms with Crippen LogP contribution in [0.25, 0.3) is 0 Å². The van der Waals surface area contributed by atoms with E-state index in [2.05, 4.69) is 15.7 Å². The maximum atomic E-state index is 12.6. The number of halogens is 1. The highest BCUT2D eigenvalue weighted by Gasteiger charge is 2.28. The Morgan fingerprint density at radius 1 is 1.11 bits per heavy atom. The predicted octanol–water partition coefficient (Wildman–Crippen LogP) is 3.65. The normalized spacial score (nSPS) is 21.0. The number of nitrogens with one attached hydrogen (secondary N) is 1. The second-order valence-corrected chi connectivity index (χ2v) is 10.2. The summed E-state index contributed by atoms with van der Waals surface area (Å²) in [5, 5.41) is 0.818. The van der Waals surface area contributed by atoms with Crippen molar-refractivity contribution in [1.82, 2.24) is 13.9 Å². The molecular formula is C20H32ClN3O2S. The van der Waals surface area contributed by atoms with E-state index in [0.717, 1.165) is 68.7 Å². The van der Waals surface area contributed by atoms with Crippen LogP contribution in [0.1, 0.15) is 50.5 Å². The standard InChI is InChI=1S/C20H32ClN3O2S/c1-23(19-8-3-2-4-9-19)27(25,26)22-15-17-11-13-24(14-12-17)16-18-7-5-6-10-20(18)21/h5-7,10,17,19,22H,2-4,8-9,11-16H2,1H3. The summed E-state index contributed by atoms with van der Waals surface area (Å²) >= 11 is 6.26. The van der Waals surface area contributed by atoms with Gasteiger partial charge in [-0.25, -0.2) is 4.72 Å². The van der Waals surface area contributed by atoms with E-state index in [1.165, 1.54) is 6.42 Å². The van der Waals surface area contributed by atoms with Gasteiger partial charge in [0, 0.05) is 31.2 Å². The highest BCUT2D eigenvalue weighted by Crippen LogP contribution is 2.24. The van der Waals surface area contributed by atoms with Crippen molar-refractivity contribution in [2.24, 2.45) is 5.92 Å². The average Bonchev–Trinajstić information content (AvgIpc) is 2.69. The van der Waals surface area contributed by atoms with Gasteiger partial charge in [0.15, 0.2) is 0 Å². The van der Waals surface area contributed by atoms with Crippen molar-refractivity contribution in [2.75, 3.05) is 26.7 Å². The minimum Gasteiger partial charge on any atom is -0.299 e. The van der Waals surface area contributed by atoms with E-state index in [0.29, 0.717) is 12.5 Å². The largest absolute Gasteiger partial charge is 0.299 e. The molecule has 1 aliphatic carbocycles. The van der Waals surface area contributed by atoms with E-state index in [9.17, 15) is 8.42 Å². The average molecular weight is 414 g/mol. The molecule has 7 heteroatoms. The fraction of sp³-hybridized carbons (Fsp3) is 0.700. The molecule has 1 N–H and O–H groups in total. The second kappa shape index (κ2) is 9.70. The number of hydrogen-bond acceptors (Lipinski definition) is 3. The van der Waals surface area contributed by atoms with E-state index in [1.54, 1.807) is 11.4 Å². The van der Waals surface area contributed by atoms with Crippen LogP contribution in [0.3, 0.4) is 0 Å². The highest BCUT2D eigenvalue weighted by molar-refractivity contribution is 7.87. The van der Waals surface area contributed by atoms with Crippen molar-refractivity contribution in [3.05, 3.63) is 34.9 Å². The molecular weight excluding hydrogens is 382 g/mol. The van der Waals surface area contributed by atoms with E-state index in [4.69, 9.17) is 11.6 Å². The number of hydrogen-bond donors (Lipinski definition) is 1. The number of piperidine rings is 1. The topological polar surface area (TPSA) is 52.7 Å². The van der Waals surface area contributed by atoms with Gasteiger partial charge < -0.3 is 0 Å². The van der Waals surface area contributed by atoms with Gasteiger partial charge in [-0.15, -0.1) is 0 Å². The molecule has 3 rings (SSSR count). The van der Waals surface area contributed by atoms with Crippen LogP contribution in [0.4, 0.5) is 0 Å². The molecule has 0 atom stereocenters. The summed E-state index contributed by atoms with van der Waals surface area (Å²) in [4.78, 5) is 2.40. The summed E-state index contributed by atoms with van der Waals surface area (Å²) in [6.45, 7) is 3.37. The molecule has 1 saturated carbocycles. The lowest BCUT2D eigenvalue weighted by molar-refractivity contribution is 0.178. The van der Waals surface area contributed by atoms with Gasteiger partial charge in [0.25, 0.3) is 10.2 Å². The molecule has 152 valence electrons. The first-order chi connectivity index (χ1) is 13.0. The van der Waals surface area contributed by atoms with Gasteiger partial charge in [-0.2, -0.15) is 12.7 Å². The zero-order valence-electron chi connectivity index (χ0n) is 16.2. The van der Waals surface area contributed by atoms with Gasteiger partial charge in [0.05, 0.1) is 0 Å². The Hall–Kier alpha value is -0.660. The van der Waals surface area contributed by atoms with Crippen LogP contribution in [-0.4, -0.2) is 50.3 Å². The minimum atomic E-state index is -3.37. The lowest BCUT2D eigenvalue weighted by atomic mass is 9.96. The van der Waals surface area contributed by atoms with Gasteiger partial charge in [-0.1, -0.05) is 49.1 Å². The summed E-state index contributed by atoms with van der Waals surface area (Å²) in [5.41, 5.74) is 1.16. The van der Waals surface area contributed by atoms with Crippen LogP contribution < -0.4 is 4.72 Å². The maximum Gasteiger partial charge on any atom is 0.279 e. The smallest absolute Gasteiger partial charge is 0.279 e. The van der Waals surface area contributed by atoms with Gasteiger partial charge in [-0.05, 0) is 56.3 Å². The molecule has 1 heterocycles. The monoisotopic (exact) mass is 413 g/mol. The van der Waals surface area contributed by atoms with Crippen molar-refractivity contribution in [2.45, 2.75) is 57.5 Å². The molecule has 0 spiro atoms. The summed E-state index contributed by atoms with van der Waals surface area (Å²) in [5.74, 6) is 0.405. The fourth-order valence-corrected chi connectivity index (χ4v) is 5.63. The van der Waals surface area contributed by atoms with Crippen molar-refractivity contribution < 1.29 is 8.42 Å². The third kappa shape index (κ3) is 5.91. The van der Waals surface area contributed by atoms with Gasteiger partial charge >= 0.3 is 0 Å². The third-order valence-electron chi connectivity index (χ3n) is 6.08. The van der Waals surface area contributed by atoms with Crippen molar-refractivity contribution in [1.29, 1.82) is 0 Å². The first-order valence-electron chi connectivity index (χ1n) is 10.1. The molecule has 2 fully saturated rings. The van der Waals surface area contributed by atoms with Crippen molar-refractivity contribution >= 4 is 21.8 Å². The van der Waals surface area contributed by atoms with Gasteiger partial charge in [0.2, 0.25) is 0 Å². The van der Waals surface area contributed by atoms with Crippen LogP contribution >= 0.6 is 11.6 Å². The fourth-order valence-electron chi connectivity index (χ4n) is 4.18. The number of nitrogens with zero attached hydrogens (tertiary/aromatic N) is 2. The number of benzene rings is 1. The van der Waals surface area contributed by atoms with Crippen LogP contribution in [0.2, 0.25) is 5.02 Å². The van der Waals surface area contributed by atoms with E-state index < -0.39 is 10.2 Å². The Kier molecular flexibility index (Phi) is 7.57. The molecule has 1 aliphatic heterocycles. The molecule has 1 aromatic rings. The zero-order chi connectivity index (χ0) is 19.3. The molecule has 0 amide bonds. The third-order valence-corrected chi connectivity index (χ3v) is 8.04. The summed E-state index contributed by atoms with van der Waals surface area (Å²) in [7, 11) is -1.65. The Balaban J connectivity index is 1.43. The molecule has 0 aromatic heterocycles. The quantitative estimate of drug-likeness (QED) is 0.742. The number of rotatable bonds is 7. The SMILES string of the molecule is CN(C1CCCCC1)S(=O)(=O)NCC1CCN(Cc2ccccc2Cl)CC1. The van der Waals surface area contributed by atoms with Crippen LogP contribution in [0.15, 0.2) is 24.3 Å². The molecule has 27 heavy (non-hydrogen) atoms. The molecule has 0 bridgehead atoms. The van der Waals surface area contributed by atoms with Crippen molar-refractivity contribution in [3.63, 3.8) is 0 Å². The van der Waals surface area contributed by atoms with Gasteiger partial charge in [0.1, 0.15) is 0 Å². The van der Waals surface area contributed by atoms with Crippen molar-refractivity contribution in [3.8, 4) is 0 Å². The van der Waals surface area contributed by atoms with E-state index in [1.807, 2.05) is 18.2 Å². The van der Waals surface area contributed by atoms with Gasteiger partial charge in [-0.3, -0.25) is 4.90 Å². The summed E-state index contributed by atoms with van der Waals surface area (Å²) < 4.78 is 29.6. The summed E-state index contributed by atoms with van der Waals surface area (Å²) in [6.07, 6.45) is 7.49. The van der Waals surface area contributed by atoms with Crippen LogP contribution in [0, 0.1) is 5.92 Å². The lowest BCUT2D eigenvalue weighted by Crippen LogP contribution is -2.47. The van der Waals surface area contributed by atoms with Crippen LogP contribution in [-0.2, 0) is 16.8 Å². The lowest BCUT2D eigenvalue weighted by Gasteiger charge is -2.33. The first kappa shape index (κ1) is 21.1. The molecule has 5 nitrogen and oxygen atoms in total. The Morgan fingerprint density at radius 3 is 2.44 bits per heavy atom. The molecule has 0 radical (unpaired) electrons. The number of likely N-dealkylation sites (tertiary alicyclic amines) is 1. The molecule has 1 aromatic carbocycles. The first-order valence-corrected chi connectivity index (χ1v) is 12.0. The van der Waals surface area contributed by atoms with E-state index in [-0.39, 0.29) is 6.04 Å². The Labute approximate surface area is 169 Å². The maximum absolute atomic E-state index is 12.6. The molecule has 1 saturated heterocycles. The zero-order valence-corrected chi connectivity index (χ0v) is 17.8. The Bertz CT molecular complexity index is 699. The Morgan fingerprint density at radius 2 is 1.78 bits per heavy atom. The molecule has 2 aliphatic rings. The van der Waals surface area contributed by atoms with E-state index >= 15 is 0 Å². The predicted molar refractivity (Wildman–Crippen MR) is 111 cm³/mol. The highest BCUT2D eigenvalue weighted by atomic mass is 35.5. The summed E-state index contributed by atoms with van der Waals surface area (Å²) in [6, 6.07) is 8.14. The molecule has 0 unspecified atom stereocenters. The second-order valence-electron chi connectivity index (χ2n) is 7.97.